The van der Waals surface area contributed by atoms with E-state index in [9.17, 15) is 5.11 Å². The lowest BCUT2D eigenvalue weighted by Gasteiger charge is -2.27. The van der Waals surface area contributed by atoms with E-state index < -0.39 is 5.97 Å². The van der Waals surface area contributed by atoms with Crippen molar-refractivity contribution in [3.05, 3.63) is 65.7 Å². The van der Waals surface area contributed by atoms with Gasteiger partial charge in [0.25, 0.3) is 0 Å². The smallest absolute Gasteiger partial charge is 0.335 e. The van der Waals surface area contributed by atoms with E-state index in [2.05, 4.69) is 0 Å². The van der Waals surface area contributed by atoms with Crippen LogP contribution in [0.15, 0.2) is 54.6 Å². The minimum atomic E-state index is -1.63. The summed E-state index contributed by atoms with van der Waals surface area (Å²) < 4.78 is 10.7. The summed E-state index contributed by atoms with van der Waals surface area (Å²) in [4.78, 5) is 0. The van der Waals surface area contributed by atoms with Gasteiger partial charge < -0.3 is 14.6 Å². The van der Waals surface area contributed by atoms with Crippen LogP contribution >= 0.6 is 0 Å². The minimum Gasteiger partial charge on any atom is -0.438 e. The predicted octanol–water partition coefficient (Wildman–Crippen LogP) is 2.50. The number of rotatable bonds is 2. The molecule has 2 aromatic carbocycles. The molecule has 0 radical (unpaired) electrons. The Morgan fingerprint density at radius 2 is 1.72 bits per heavy atom. The van der Waals surface area contributed by atoms with Crippen molar-refractivity contribution in [1.29, 1.82) is 0 Å². The van der Waals surface area contributed by atoms with Gasteiger partial charge in [-0.05, 0) is 11.6 Å². The third kappa shape index (κ3) is 1.60. The highest BCUT2D eigenvalue weighted by Crippen LogP contribution is 2.47. The van der Waals surface area contributed by atoms with Gasteiger partial charge in [-0.1, -0.05) is 48.5 Å². The van der Waals surface area contributed by atoms with Crippen molar-refractivity contribution in [3.8, 4) is 5.75 Å². The van der Waals surface area contributed by atoms with Crippen molar-refractivity contribution in [3.63, 3.8) is 0 Å². The summed E-state index contributed by atoms with van der Waals surface area (Å²) in [5.41, 5.74) is 1.90. The molecule has 0 bridgehead atoms. The number of hydrogen-bond acceptors (Lipinski definition) is 3. The van der Waals surface area contributed by atoms with Gasteiger partial charge in [-0.25, -0.2) is 0 Å². The quantitative estimate of drug-likeness (QED) is 0.822. The average Bonchev–Trinajstić information content (AvgIpc) is 2.72. The zero-order chi connectivity index (χ0) is 12.6. The van der Waals surface area contributed by atoms with Crippen LogP contribution in [-0.2, 0) is 4.74 Å². The lowest BCUT2D eigenvalue weighted by Crippen LogP contribution is -2.40. The Hall–Kier alpha value is -1.84. The molecule has 0 spiro atoms. The molecule has 0 aliphatic carbocycles. The Bertz CT molecular complexity index is 553. The first-order valence-electron chi connectivity index (χ1n) is 5.85. The summed E-state index contributed by atoms with van der Waals surface area (Å²) in [5.74, 6) is -1.30. The molecular weight excluding hydrogens is 228 g/mol. The number of benzene rings is 2. The third-order valence-corrected chi connectivity index (χ3v) is 3.28. The van der Waals surface area contributed by atoms with Crippen LogP contribution in [0.3, 0.4) is 0 Å². The lowest BCUT2D eigenvalue weighted by molar-refractivity contribution is -0.304. The molecule has 0 saturated heterocycles. The molecule has 1 N–H and O–H groups in total. The van der Waals surface area contributed by atoms with Crippen molar-refractivity contribution in [2.75, 3.05) is 7.11 Å². The largest absolute Gasteiger partial charge is 0.438 e. The summed E-state index contributed by atoms with van der Waals surface area (Å²) in [6.45, 7) is 0. The summed E-state index contributed by atoms with van der Waals surface area (Å²) in [6, 6.07) is 17.3. The van der Waals surface area contributed by atoms with Gasteiger partial charge >= 0.3 is 5.97 Å². The first kappa shape index (κ1) is 11.3. The number of aliphatic hydroxyl groups is 1. The topological polar surface area (TPSA) is 38.7 Å². The van der Waals surface area contributed by atoms with E-state index in [1.807, 2.05) is 54.6 Å². The molecule has 0 aromatic heterocycles. The fourth-order valence-corrected chi connectivity index (χ4v) is 2.42. The van der Waals surface area contributed by atoms with Gasteiger partial charge in [0, 0.05) is 12.7 Å². The molecule has 2 atom stereocenters. The van der Waals surface area contributed by atoms with E-state index in [0.29, 0.717) is 5.75 Å². The standard InChI is InChI=1S/C15H14O3/c1-17-15(16)14(11-7-3-2-4-8-11)12-9-5-6-10-13(12)18-15/h2-10,14,16H,1H3/t14-,15+/m0/s1. The van der Waals surface area contributed by atoms with Crippen molar-refractivity contribution >= 4 is 0 Å². The molecule has 3 heteroatoms. The molecule has 92 valence electrons. The maximum atomic E-state index is 10.5. The number of ether oxygens (including phenoxy) is 2. The van der Waals surface area contributed by atoms with Crippen LogP contribution in [-0.4, -0.2) is 18.2 Å². The van der Waals surface area contributed by atoms with E-state index in [1.54, 1.807) is 0 Å². The molecule has 1 aliphatic heterocycles. The van der Waals surface area contributed by atoms with Gasteiger partial charge in [-0.15, -0.1) is 0 Å². The second-order valence-electron chi connectivity index (χ2n) is 4.32. The Labute approximate surface area is 106 Å². The van der Waals surface area contributed by atoms with Crippen molar-refractivity contribution < 1.29 is 14.6 Å². The van der Waals surface area contributed by atoms with Gasteiger partial charge in [-0.2, -0.15) is 0 Å². The van der Waals surface area contributed by atoms with Crippen molar-refractivity contribution in [2.24, 2.45) is 0 Å². The van der Waals surface area contributed by atoms with Crippen LogP contribution < -0.4 is 4.74 Å². The first-order valence-corrected chi connectivity index (χ1v) is 5.85. The monoisotopic (exact) mass is 242 g/mol. The highest BCUT2D eigenvalue weighted by Gasteiger charge is 2.48. The maximum Gasteiger partial charge on any atom is 0.335 e. The van der Waals surface area contributed by atoms with E-state index in [1.165, 1.54) is 7.11 Å². The van der Waals surface area contributed by atoms with Crippen LogP contribution in [0.2, 0.25) is 0 Å². The number of hydrogen-bond donors (Lipinski definition) is 1. The summed E-state index contributed by atoms with van der Waals surface area (Å²) in [5, 5.41) is 10.5. The SMILES string of the molecule is CO[C@@]1(O)Oc2ccccc2[C@@H]1c1ccccc1. The second-order valence-corrected chi connectivity index (χ2v) is 4.32. The second kappa shape index (κ2) is 4.12. The zero-order valence-electron chi connectivity index (χ0n) is 10.0. The average molecular weight is 242 g/mol. The van der Waals surface area contributed by atoms with Crippen LogP contribution in [0.5, 0.6) is 5.75 Å². The Balaban J connectivity index is 2.15. The molecule has 0 saturated carbocycles. The summed E-state index contributed by atoms with van der Waals surface area (Å²) in [6.07, 6.45) is 0. The molecule has 0 amide bonds. The molecule has 2 aromatic rings. The van der Waals surface area contributed by atoms with Crippen LogP contribution in [0.1, 0.15) is 17.0 Å². The molecule has 1 aliphatic rings. The maximum absolute atomic E-state index is 10.5. The molecule has 3 nitrogen and oxygen atoms in total. The van der Waals surface area contributed by atoms with Crippen molar-refractivity contribution in [1.82, 2.24) is 0 Å². The summed E-state index contributed by atoms with van der Waals surface area (Å²) in [7, 11) is 1.45. The molecule has 3 rings (SSSR count). The molecule has 0 fully saturated rings. The number of methoxy groups -OCH3 is 1. The Morgan fingerprint density at radius 1 is 1.06 bits per heavy atom. The van der Waals surface area contributed by atoms with E-state index in [0.717, 1.165) is 11.1 Å². The molecule has 18 heavy (non-hydrogen) atoms. The fourth-order valence-electron chi connectivity index (χ4n) is 2.42. The van der Waals surface area contributed by atoms with Gasteiger partial charge in [0.15, 0.2) is 0 Å². The summed E-state index contributed by atoms with van der Waals surface area (Å²) >= 11 is 0. The van der Waals surface area contributed by atoms with Crippen LogP contribution in [0, 0.1) is 0 Å². The first-order chi connectivity index (χ1) is 8.74. The Kier molecular flexibility index (Phi) is 2.58. The van der Waals surface area contributed by atoms with Crippen LogP contribution in [0.4, 0.5) is 0 Å². The number of fused-ring (bicyclic) bond motifs is 1. The normalized spacial score (nSPS) is 25.6. The van der Waals surface area contributed by atoms with Crippen LogP contribution in [0.25, 0.3) is 0 Å². The zero-order valence-corrected chi connectivity index (χ0v) is 10.0. The molecular formula is C15H14O3. The van der Waals surface area contributed by atoms with Gasteiger partial charge in [0.2, 0.25) is 0 Å². The highest BCUT2D eigenvalue weighted by molar-refractivity contribution is 5.47. The predicted molar refractivity (Wildman–Crippen MR) is 67.3 cm³/mol. The van der Waals surface area contributed by atoms with E-state index in [-0.39, 0.29) is 5.92 Å². The Morgan fingerprint density at radius 3 is 2.44 bits per heavy atom. The number of para-hydroxylation sites is 1. The van der Waals surface area contributed by atoms with Gasteiger partial charge in [-0.3, -0.25) is 0 Å². The third-order valence-electron chi connectivity index (χ3n) is 3.28. The van der Waals surface area contributed by atoms with E-state index >= 15 is 0 Å². The lowest BCUT2D eigenvalue weighted by atomic mass is 9.90. The molecule has 0 unspecified atom stereocenters. The minimum absolute atomic E-state index is 0.333. The molecule has 1 heterocycles. The van der Waals surface area contributed by atoms with Gasteiger partial charge in [0.1, 0.15) is 11.7 Å². The van der Waals surface area contributed by atoms with Crippen molar-refractivity contribution in [2.45, 2.75) is 11.9 Å². The van der Waals surface area contributed by atoms with E-state index in [4.69, 9.17) is 9.47 Å². The fraction of sp³-hybridized carbons (Fsp3) is 0.200. The highest BCUT2D eigenvalue weighted by atomic mass is 16.8. The van der Waals surface area contributed by atoms with Gasteiger partial charge in [0.05, 0.1) is 0 Å².